The molecule has 2 amide bonds. The molecule has 0 aliphatic carbocycles. The van der Waals surface area contributed by atoms with Crippen molar-refractivity contribution in [1.29, 1.82) is 0 Å². The number of ether oxygens (including phenoxy) is 1. The predicted molar refractivity (Wildman–Crippen MR) is 82.5 cm³/mol. The van der Waals surface area contributed by atoms with Crippen molar-refractivity contribution < 1.29 is 14.3 Å². The Morgan fingerprint density at radius 2 is 1.90 bits per heavy atom. The van der Waals surface area contributed by atoms with Crippen LogP contribution < -0.4 is 15.4 Å². The van der Waals surface area contributed by atoms with Gasteiger partial charge in [-0.15, -0.1) is 0 Å². The average molecular weight is 313 g/mol. The monoisotopic (exact) mass is 312 g/mol. The summed E-state index contributed by atoms with van der Waals surface area (Å²) in [6.45, 7) is 6.21. The van der Waals surface area contributed by atoms with Crippen molar-refractivity contribution in [3.8, 4) is 5.75 Å². The molecule has 6 heteroatoms. The van der Waals surface area contributed by atoms with Crippen molar-refractivity contribution in [1.82, 2.24) is 10.6 Å². The predicted octanol–water partition coefficient (Wildman–Crippen LogP) is 1.92. The van der Waals surface area contributed by atoms with Crippen molar-refractivity contribution >= 4 is 23.4 Å². The molecular weight excluding hydrogens is 292 g/mol. The lowest BCUT2D eigenvalue weighted by Crippen LogP contribution is -2.38. The third-order valence-electron chi connectivity index (χ3n) is 2.77. The highest BCUT2D eigenvalue weighted by molar-refractivity contribution is 6.31. The van der Waals surface area contributed by atoms with E-state index in [0.717, 1.165) is 5.56 Å². The zero-order valence-corrected chi connectivity index (χ0v) is 13.3. The Morgan fingerprint density at radius 1 is 1.24 bits per heavy atom. The molecule has 21 heavy (non-hydrogen) atoms. The number of hydrogen-bond donors (Lipinski definition) is 2. The third kappa shape index (κ3) is 6.49. The van der Waals surface area contributed by atoms with E-state index in [2.05, 4.69) is 10.6 Å². The van der Waals surface area contributed by atoms with E-state index in [9.17, 15) is 9.59 Å². The normalized spacial score (nSPS) is 10.3. The molecule has 0 radical (unpaired) electrons. The van der Waals surface area contributed by atoms with Gasteiger partial charge in [0.05, 0.1) is 0 Å². The second-order valence-corrected chi connectivity index (χ2v) is 5.40. The van der Waals surface area contributed by atoms with Gasteiger partial charge >= 0.3 is 0 Å². The molecule has 1 aromatic rings. The summed E-state index contributed by atoms with van der Waals surface area (Å²) in [6.07, 6.45) is 0. The van der Waals surface area contributed by atoms with Crippen molar-refractivity contribution in [3.63, 3.8) is 0 Å². The number of aryl methyl sites for hydroxylation is 1. The first-order chi connectivity index (χ1) is 9.90. The fourth-order valence-corrected chi connectivity index (χ4v) is 1.62. The summed E-state index contributed by atoms with van der Waals surface area (Å²) in [4.78, 5) is 22.9. The average Bonchev–Trinajstić information content (AvgIpc) is 2.44. The van der Waals surface area contributed by atoms with Crippen molar-refractivity contribution in [2.75, 3.05) is 19.7 Å². The highest BCUT2D eigenvalue weighted by atomic mass is 35.5. The van der Waals surface area contributed by atoms with Crippen LogP contribution in [0.4, 0.5) is 0 Å². The SMILES string of the molecule is Cc1cc(OCC(=O)NCCNC(=O)C(C)C)ccc1Cl. The molecule has 2 N–H and O–H groups in total. The number of carbonyl (C=O) groups excluding carboxylic acids is 2. The van der Waals surface area contributed by atoms with Gasteiger partial charge < -0.3 is 15.4 Å². The summed E-state index contributed by atoms with van der Waals surface area (Å²) in [5, 5.41) is 6.04. The van der Waals surface area contributed by atoms with Gasteiger partial charge in [-0.2, -0.15) is 0 Å². The minimum Gasteiger partial charge on any atom is -0.484 e. The number of benzene rings is 1. The Hall–Kier alpha value is -1.75. The molecule has 0 unspecified atom stereocenters. The topological polar surface area (TPSA) is 67.4 Å². The van der Waals surface area contributed by atoms with Crippen LogP contribution in [0.15, 0.2) is 18.2 Å². The molecule has 0 spiro atoms. The Morgan fingerprint density at radius 3 is 2.52 bits per heavy atom. The van der Waals surface area contributed by atoms with Crippen molar-refractivity contribution in [3.05, 3.63) is 28.8 Å². The maximum Gasteiger partial charge on any atom is 0.258 e. The van der Waals surface area contributed by atoms with E-state index in [4.69, 9.17) is 16.3 Å². The number of hydrogen-bond acceptors (Lipinski definition) is 3. The molecular formula is C15H21ClN2O3. The number of carbonyl (C=O) groups is 2. The second-order valence-electron chi connectivity index (χ2n) is 5.00. The first kappa shape index (κ1) is 17.3. The second kappa shape index (κ2) is 8.52. The van der Waals surface area contributed by atoms with Crippen LogP contribution in [0.5, 0.6) is 5.75 Å². The minimum atomic E-state index is -0.235. The van der Waals surface area contributed by atoms with Gasteiger partial charge in [0, 0.05) is 24.0 Å². The lowest BCUT2D eigenvalue weighted by molar-refractivity contribution is -0.125. The minimum absolute atomic E-state index is 0.0304. The molecule has 5 nitrogen and oxygen atoms in total. The molecule has 0 aliphatic rings. The van der Waals surface area contributed by atoms with Gasteiger partial charge in [0.1, 0.15) is 5.75 Å². The van der Waals surface area contributed by atoms with Gasteiger partial charge in [-0.05, 0) is 30.7 Å². The highest BCUT2D eigenvalue weighted by Gasteiger charge is 2.06. The molecule has 0 fully saturated rings. The molecule has 0 aromatic heterocycles. The van der Waals surface area contributed by atoms with E-state index in [1.165, 1.54) is 0 Å². The maximum absolute atomic E-state index is 11.6. The largest absolute Gasteiger partial charge is 0.484 e. The molecule has 116 valence electrons. The van der Waals surface area contributed by atoms with E-state index in [1.54, 1.807) is 18.2 Å². The molecule has 0 aliphatic heterocycles. The number of nitrogens with one attached hydrogen (secondary N) is 2. The standard InChI is InChI=1S/C15H21ClN2O3/c1-10(2)15(20)18-7-6-17-14(19)9-21-12-4-5-13(16)11(3)8-12/h4-5,8,10H,6-7,9H2,1-3H3,(H,17,19)(H,18,20). The van der Waals surface area contributed by atoms with Crippen LogP contribution in [0, 0.1) is 12.8 Å². The molecule has 0 saturated heterocycles. The van der Waals surface area contributed by atoms with Crippen molar-refractivity contribution in [2.24, 2.45) is 5.92 Å². The summed E-state index contributed by atoms with van der Waals surface area (Å²) in [5.41, 5.74) is 0.894. The van der Waals surface area contributed by atoms with Crippen LogP contribution in [-0.4, -0.2) is 31.5 Å². The summed E-state index contributed by atoms with van der Waals surface area (Å²) < 4.78 is 5.36. The number of halogens is 1. The van der Waals surface area contributed by atoms with E-state index < -0.39 is 0 Å². The van der Waals surface area contributed by atoms with Crippen LogP contribution in [0.2, 0.25) is 5.02 Å². The van der Waals surface area contributed by atoms with Crippen LogP contribution in [0.3, 0.4) is 0 Å². The van der Waals surface area contributed by atoms with Crippen LogP contribution in [0.25, 0.3) is 0 Å². The quantitative estimate of drug-likeness (QED) is 0.756. The van der Waals surface area contributed by atoms with E-state index in [-0.39, 0.29) is 24.3 Å². The summed E-state index contributed by atoms with van der Waals surface area (Å²) in [7, 11) is 0. The number of rotatable bonds is 7. The lowest BCUT2D eigenvalue weighted by atomic mass is 10.2. The summed E-state index contributed by atoms with van der Waals surface area (Å²) in [6, 6.07) is 5.22. The van der Waals surface area contributed by atoms with E-state index >= 15 is 0 Å². The van der Waals surface area contributed by atoms with Crippen molar-refractivity contribution in [2.45, 2.75) is 20.8 Å². The summed E-state index contributed by atoms with van der Waals surface area (Å²) in [5.74, 6) is 0.274. The molecule has 0 bridgehead atoms. The van der Waals surface area contributed by atoms with E-state index in [0.29, 0.717) is 23.9 Å². The first-order valence-corrected chi connectivity index (χ1v) is 7.21. The zero-order chi connectivity index (χ0) is 15.8. The number of amides is 2. The van der Waals surface area contributed by atoms with Gasteiger partial charge in [0.15, 0.2) is 6.61 Å². The van der Waals surface area contributed by atoms with E-state index in [1.807, 2.05) is 20.8 Å². The smallest absolute Gasteiger partial charge is 0.258 e. The Bertz CT molecular complexity index is 504. The highest BCUT2D eigenvalue weighted by Crippen LogP contribution is 2.20. The lowest BCUT2D eigenvalue weighted by Gasteiger charge is -2.10. The molecule has 1 rings (SSSR count). The van der Waals surface area contributed by atoms with Crippen LogP contribution in [0.1, 0.15) is 19.4 Å². The van der Waals surface area contributed by atoms with Gasteiger partial charge in [0.2, 0.25) is 5.91 Å². The first-order valence-electron chi connectivity index (χ1n) is 6.83. The maximum atomic E-state index is 11.6. The Kier molecular flexibility index (Phi) is 7.02. The van der Waals surface area contributed by atoms with Crippen LogP contribution >= 0.6 is 11.6 Å². The van der Waals surface area contributed by atoms with Gasteiger partial charge in [-0.1, -0.05) is 25.4 Å². The third-order valence-corrected chi connectivity index (χ3v) is 3.19. The van der Waals surface area contributed by atoms with Crippen LogP contribution in [-0.2, 0) is 9.59 Å². The molecule has 1 aromatic carbocycles. The molecule has 0 saturated carbocycles. The molecule has 0 atom stereocenters. The fraction of sp³-hybridized carbons (Fsp3) is 0.467. The Labute approximate surface area is 130 Å². The molecule has 0 heterocycles. The van der Waals surface area contributed by atoms with Gasteiger partial charge in [-0.3, -0.25) is 9.59 Å². The van der Waals surface area contributed by atoms with Gasteiger partial charge in [-0.25, -0.2) is 0 Å². The van der Waals surface area contributed by atoms with Gasteiger partial charge in [0.25, 0.3) is 5.91 Å². The fourth-order valence-electron chi connectivity index (χ4n) is 1.50. The summed E-state index contributed by atoms with van der Waals surface area (Å²) >= 11 is 5.91. The zero-order valence-electron chi connectivity index (χ0n) is 12.5. The Balaban J connectivity index is 2.22.